The van der Waals surface area contributed by atoms with Crippen LogP contribution in [0.3, 0.4) is 0 Å². The van der Waals surface area contributed by atoms with Crippen molar-refractivity contribution in [2.45, 2.75) is 6.04 Å². The Hall–Kier alpha value is -1.17. The molecule has 0 aliphatic carbocycles. The van der Waals surface area contributed by atoms with Gasteiger partial charge in [-0.1, -0.05) is 11.6 Å². The van der Waals surface area contributed by atoms with Gasteiger partial charge in [0.15, 0.2) is 0 Å². The summed E-state index contributed by atoms with van der Waals surface area (Å²) < 4.78 is 4.98. The second kappa shape index (κ2) is 5.44. The van der Waals surface area contributed by atoms with E-state index in [0.717, 1.165) is 15.6 Å². The van der Waals surface area contributed by atoms with Crippen LogP contribution >= 0.6 is 22.9 Å². The first-order valence-electron chi connectivity index (χ1n) is 5.04. The summed E-state index contributed by atoms with van der Waals surface area (Å²) in [5.41, 5.74) is 0.817. The van der Waals surface area contributed by atoms with Crippen LogP contribution in [0.5, 0.6) is 5.88 Å². The lowest BCUT2D eigenvalue weighted by Gasteiger charge is -2.14. The molecule has 0 bridgehead atoms. The SMILES string of the molecule is CNC(c1ccc(OC)nn1)c1sccc1Cl. The number of methoxy groups -OCH3 is 1. The van der Waals surface area contributed by atoms with Gasteiger partial charge < -0.3 is 10.1 Å². The van der Waals surface area contributed by atoms with E-state index in [1.54, 1.807) is 24.5 Å². The maximum absolute atomic E-state index is 6.12. The van der Waals surface area contributed by atoms with Gasteiger partial charge in [0.2, 0.25) is 5.88 Å². The maximum Gasteiger partial charge on any atom is 0.233 e. The van der Waals surface area contributed by atoms with E-state index in [-0.39, 0.29) is 6.04 Å². The van der Waals surface area contributed by atoms with Crippen LogP contribution < -0.4 is 10.1 Å². The minimum absolute atomic E-state index is 0.0408. The molecule has 2 aromatic rings. The molecule has 0 radical (unpaired) electrons. The normalized spacial score (nSPS) is 12.4. The van der Waals surface area contributed by atoms with Crippen molar-refractivity contribution in [1.29, 1.82) is 0 Å². The van der Waals surface area contributed by atoms with E-state index in [1.807, 2.05) is 24.6 Å². The molecular formula is C11H12ClN3OS. The highest BCUT2D eigenvalue weighted by atomic mass is 35.5. The van der Waals surface area contributed by atoms with Crippen LogP contribution in [-0.2, 0) is 0 Å². The molecule has 1 unspecified atom stereocenters. The van der Waals surface area contributed by atoms with E-state index in [1.165, 1.54) is 0 Å². The number of nitrogens with one attached hydrogen (secondary N) is 1. The maximum atomic E-state index is 6.12. The smallest absolute Gasteiger partial charge is 0.233 e. The molecule has 2 aromatic heterocycles. The fourth-order valence-corrected chi connectivity index (χ4v) is 2.80. The molecule has 1 atom stereocenters. The Balaban J connectivity index is 2.32. The lowest BCUT2D eigenvalue weighted by Crippen LogP contribution is -2.18. The summed E-state index contributed by atoms with van der Waals surface area (Å²) >= 11 is 7.71. The van der Waals surface area contributed by atoms with Gasteiger partial charge in [-0.2, -0.15) is 0 Å². The topological polar surface area (TPSA) is 47.0 Å². The predicted octanol–water partition coefficient (Wildman–Crippen LogP) is 2.51. The molecule has 2 rings (SSSR count). The number of ether oxygens (including phenoxy) is 1. The fourth-order valence-electron chi connectivity index (χ4n) is 1.52. The third-order valence-corrected chi connectivity index (χ3v) is 3.78. The molecule has 6 heteroatoms. The Morgan fingerprint density at radius 3 is 2.65 bits per heavy atom. The number of halogens is 1. The van der Waals surface area contributed by atoms with Crippen molar-refractivity contribution in [3.05, 3.63) is 39.2 Å². The second-order valence-corrected chi connectivity index (χ2v) is 4.71. The van der Waals surface area contributed by atoms with Crippen molar-refractivity contribution in [3.8, 4) is 5.88 Å². The van der Waals surface area contributed by atoms with E-state index in [2.05, 4.69) is 15.5 Å². The average Bonchev–Trinajstić information content (AvgIpc) is 2.78. The molecule has 90 valence electrons. The van der Waals surface area contributed by atoms with Crippen LogP contribution in [0.15, 0.2) is 23.6 Å². The Morgan fingerprint density at radius 2 is 2.18 bits per heavy atom. The average molecular weight is 270 g/mol. The largest absolute Gasteiger partial charge is 0.480 e. The predicted molar refractivity (Wildman–Crippen MR) is 68.8 cm³/mol. The number of hydrogen-bond donors (Lipinski definition) is 1. The van der Waals surface area contributed by atoms with Crippen molar-refractivity contribution < 1.29 is 4.74 Å². The van der Waals surface area contributed by atoms with Crippen molar-refractivity contribution in [2.24, 2.45) is 0 Å². The number of rotatable bonds is 4. The van der Waals surface area contributed by atoms with E-state index in [9.17, 15) is 0 Å². The fraction of sp³-hybridized carbons (Fsp3) is 0.273. The first kappa shape index (κ1) is 12.3. The Kier molecular flexibility index (Phi) is 3.93. The number of hydrogen-bond acceptors (Lipinski definition) is 5. The summed E-state index contributed by atoms with van der Waals surface area (Å²) in [6, 6.07) is 5.50. The van der Waals surface area contributed by atoms with Crippen molar-refractivity contribution in [1.82, 2.24) is 15.5 Å². The summed E-state index contributed by atoms with van der Waals surface area (Å²) in [6.07, 6.45) is 0. The molecule has 0 spiro atoms. The molecule has 2 heterocycles. The summed E-state index contributed by atoms with van der Waals surface area (Å²) in [7, 11) is 3.43. The summed E-state index contributed by atoms with van der Waals surface area (Å²) in [5.74, 6) is 0.501. The lowest BCUT2D eigenvalue weighted by molar-refractivity contribution is 0.390. The van der Waals surface area contributed by atoms with Gasteiger partial charge in [-0.25, -0.2) is 0 Å². The monoisotopic (exact) mass is 269 g/mol. The third-order valence-electron chi connectivity index (χ3n) is 2.36. The molecule has 17 heavy (non-hydrogen) atoms. The molecule has 0 fully saturated rings. The van der Waals surface area contributed by atoms with Gasteiger partial charge in [-0.05, 0) is 24.6 Å². The van der Waals surface area contributed by atoms with Crippen LogP contribution in [0.4, 0.5) is 0 Å². The Morgan fingerprint density at radius 1 is 1.35 bits per heavy atom. The van der Waals surface area contributed by atoms with Crippen LogP contribution in [-0.4, -0.2) is 24.4 Å². The molecule has 0 aliphatic heterocycles. The highest BCUT2D eigenvalue weighted by Gasteiger charge is 2.18. The Bertz CT molecular complexity index is 486. The lowest BCUT2D eigenvalue weighted by atomic mass is 10.1. The number of nitrogens with zero attached hydrogens (tertiary/aromatic N) is 2. The molecule has 0 saturated heterocycles. The van der Waals surface area contributed by atoms with Crippen molar-refractivity contribution >= 4 is 22.9 Å². The zero-order valence-electron chi connectivity index (χ0n) is 9.48. The van der Waals surface area contributed by atoms with E-state index >= 15 is 0 Å². The molecule has 0 aliphatic rings. The molecule has 0 saturated carbocycles. The Labute approximate surface area is 109 Å². The van der Waals surface area contributed by atoms with E-state index in [4.69, 9.17) is 16.3 Å². The zero-order chi connectivity index (χ0) is 12.3. The third kappa shape index (κ3) is 2.57. The van der Waals surface area contributed by atoms with E-state index in [0.29, 0.717) is 5.88 Å². The molecular weight excluding hydrogens is 258 g/mol. The number of aromatic nitrogens is 2. The van der Waals surface area contributed by atoms with Crippen LogP contribution in [0.25, 0.3) is 0 Å². The van der Waals surface area contributed by atoms with Gasteiger partial charge in [0.05, 0.1) is 23.9 Å². The summed E-state index contributed by atoms with van der Waals surface area (Å²) in [6.45, 7) is 0. The highest BCUT2D eigenvalue weighted by Crippen LogP contribution is 2.31. The van der Waals surface area contributed by atoms with Crippen molar-refractivity contribution in [3.63, 3.8) is 0 Å². The molecule has 0 aromatic carbocycles. The summed E-state index contributed by atoms with van der Waals surface area (Å²) in [4.78, 5) is 1.04. The van der Waals surface area contributed by atoms with Gasteiger partial charge in [0.1, 0.15) is 0 Å². The van der Waals surface area contributed by atoms with Gasteiger partial charge in [0.25, 0.3) is 0 Å². The van der Waals surface area contributed by atoms with Gasteiger partial charge in [-0.15, -0.1) is 21.5 Å². The minimum atomic E-state index is -0.0408. The van der Waals surface area contributed by atoms with Crippen molar-refractivity contribution in [2.75, 3.05) is 14.2 Å². The van der Waals surface area contributed by atoms with Gasteiger partial charge >= 0.3 is 0 Å². The standard InChI is InChI=1S/C11H12ClN3OS/c1-13-10(11-7(12)5-6-17-11)8-3-4-9(16-2)15-14-8/h3-6,10,13H,1-2H3. The number of thiophene rings is 1. The summed E-state index contributed by atoms with van der Waals surface area (Å²) in [5, 5.41) is 14.0. The highest BCUT2D eigenvalue weighted by molar-refractivity contribution is 7.10. The molecule has 4 nitrogen and oxygen atoms in total. The first-order chi connectivity index (χ1) is 8.26. The second-order valence-electron chi connectivity index (χ2n) is 3.36. The van der Waals surface area contributed by atoms with Crippen LogP contribution in [0.1, 0.15) is 16.6 Å². The first-order valence-corrected chi connectivity index (χ1v) is 6.29. The molecule has 0 amide bonds. The van der Waals surface area contributed by atoms with E-state index < -0.39 is 0 Å². The van der Waals surface area contributed by atoms with Crippen LogP contribution in [0.2, 0.25) is 5.02 Å². The zero-order valence-corrected chi connectivity index (χ0v) is 11.0. The van der Waals surface area contributed by atoms with Gasteiger partial charge in [-0.3, -0.25) is 0 Å². The quantitative estimate of drug-likeness (QED) is 0.927. The van der Waals surface area contributed by atoms with Gasteiger partial charge in [0, 0.05) is 10.9 Å². The minimum Gasteiger partial charge on any atom is -0.480 e. The molecule has 1 N–H and O–H groups in total. The van der Waals surface area contributed by atoms with Crippen LogP contribution in [0, 0.1) is 0 Å².